The molecule has 0 spiro atoms. The summed E-state index contributed by atoms with van der Waals surface area (Å²) in [7, 11) is 0. The van der Waals surface area contributed by atoms with Crippen LogP contribution in [0.3, 0.4) is 0 Å². The number of amides is 1. The number of phenols is 1. The molecule has 1 fully saturated rings. The zero-order chi connectivity index (χ0) is 18.7. The molecule has 1 saturated heterocycles. The topological polar surface area (TPSA) is 74.7 Å². The van der Waals surface area contributed by atoms with Gasteiger partial charge in [-0.15, -0.1) is 0 Å². The third kappa shape index (κ3) is 3.99. The van der Waals surface area contributed by atoms with Crippen molar-refractivity contribution in [1.82, 2.24) is 10.3 Å². The SMILES string of the molecule is O=C(NCc1cccnc1N1CCOCC1)c1c(O)c(Cl)cc(Cl)c1Cl. The number of carbonyl (C=O) groups is 1. The van der Waals surface area contributed by atoms with Gasteiger partial charge in [0.1, 0.15) is 17.1 Å². The van der Waals surface area contributed by atoms with Gasteiger partial charge in [-0.05, 0) is 12.1 Å². The van der Waals surface area contributed by atoms with Crippen molar-refractivity contribution in [2.75, 3.05) is 31.2 Å². The maximum atomic E-state index is 12.5. The molecule has 9 heteroatoms. The lowest BCUT2D eigenvalue weighted by atomic mass is 10.1. The second-order valence-electron chi connectivity index (χ2n) is 5.65. The third-order valence-corrected chi connectivity index (χ3v) is 5.07. The van der Waals surface area contributed by atoms with Gasteiger partial charge in [0.25, 0.3) is 5.91 Å². The Balaban J connectivity index is 1.79. The van der Waals surface area contributed by atoms with E-state index in [1.807, 2.05) is 6.07 Å². The van der Waals surface area contributed by atoms with Crippen LogP contribution in [-0.4, -0.2) is 42.3 Å². The van der Waals surface area contributed by atoms with E-state index in [1.54, 1.807) is 12.3 Å². The van der Waals surface area contributed by atoms with Gasteiger partial charge in [0.15, 0.2) is 0 Å². The number of phenolic OH excluding ortho intramolecular Hbond substituents is 1. The molecule has 0 aliphatic carbocycles. The molecule has 1 aromatic carbocycles. The van der Waals surface area contributed by atoms with E-state index in [9.17, 15) is 9.90 Å². The predicted octanol–water partition coefficient (Wildman–Crippen LogP) is 3.51. The first-order valence-electron chi connectivity index (χ1n) is 7.90. The Labute approximate surface area is 165 Å². The number of aromatic nitrogens is 1. The summed E-state index contributed by atoms with van der Waals surface area (Å²) in [6, 6.07) is 4.96. The number of aromatic hydroxyl groups is 1. The van der Waals surface area contributed by atoms with Crippen molar-refractivity contribution in [3.63, 3.8) is 0 Å². The van der Waals surface area contributed by atoms with Crippen molar-refractivity contribution in [1.29, 1.82) is 0 Å². The van der Waals surface area contributed by atoms with Crippen LogP contribution in [0.1, 0.15) is 15.9 Å². The van der Waals surface area contributed by atoms with Crippen molar-refractivity contribution in [3.8, 4) is 5.75 Å². The highest BCUT2D eigenvalue weighted by Gasteiger charge is 2.22. The van der Waals surface area contributed by atoms with Gasteiger partial charge in [0, 0.05) is 31.4 Å². The first kappa shape index (κ1) is 19.0. The number of nitrogens with one attached hydrogen (secondary N) is 1. The summed E-state index contributed by atoms with van der Waals surface area (Å²) in [4.78, 5) is 19.0. The largest absolute Gasteiger partial charge is 0.505 e. The van der Waals surface area contributed by atoms with Crippen LogP contribution < -0.4 is 10.2 Å². The highest BCUT2D eigenvalue weighted by molar-refractivity contribution is 6.45. The molecule has 1 aliphatic heterocycles. The van der Waals surface area contributed by atoms with Crippen LogP contribution in [0.5, 0.6) is 5.75 Å². The molecule has 1 aliphatic rings. The summed E-state index contributed by atoms with van der Waals surface area (Å²) in [5.41, 5.74) is 0.687. The van der Waals surface area contributed by atoms with Gasteiger partial charge in [-0.3, -0.25) is 4.79 Å². The fourth-order valence-electron chi connectivity index (χ4n) is 2.69. The molecule has 138 valence electrons. The van der Waals surface area contributed by atoms with Gasteiger partial charge >= 0.3 is 0 Å². The summed E-state index contributed by atoms with van der Waals surface area (Å²) >= 11 is 17.9. The Morgan fingerprint density at radius 1 is 1.27 bits per heavy atom. The van der Waals surface area contributed by atoms with Gasteiger partial charge < -0.3 is 20.1 Å². The van der Waals surface area contributed by atoms with Gasteiger partial charge in [-0.1, -0.05) is 40.9 Å². The minimum Gasteiger partial charge on any atom is -0.505 e. The highest BCUT2D eigenvalue weighted by atomic mass is 35.5. The number of rotatable bonds is 4. The minimum absolute atomic E-state index is 0.0417. The van der Waals surface area contributed by atoms with Crippen molar-refractivity contribution >= 4 is 46.5 Å². The number of halogens is 3. The van der Waals surface area contributed by atoms with E-state index in [2.05, 4.69) is 15.2 Å². The molecule has 1 aromatic heterocycles. The van der Waals surface area contributed by atoms with E-state index in [-0.39, 0.29) is 27.2 Å². The van der Waals surface area contributed by atoms with Crippen molar-refractivity contribution in [2.24, 2.45) is 0 Å². The average molecular weight is 417 g/mol. The van der Waals surface area contributed by atoms with Crippen LogP contribution in [0.4, 0.5) is 5.82 Å². The molecule has 0 saturated carbocycles. The Kier molecular flexibility index (Phi) is 6.09. The van der Waals surface area contributed by atoms with E-state index in [0.717, 1.165) is 24.5 Å². The van der Waals surface area contributed by atoms with E-state index in [4.69, 9.17) is 39.5 Å². The van der Waals surface area contributed by atoms with Crippen LogP contribution in [-0.2, 0) is 11.3 Å². The number of ether oxygens (including phenoxy) is 1. The van der Waals surface area contributed by atoms with Gasteiger partial charge in [-0.25, -0.2) is 4.98 Å². The summed E-state index contributed by atoms with van der Waals surface area (Å²) in [5, 5.41) is 12.8. The monoisotopic (exact) mass is 415 g/mol. The maximum absolute atomic E-state index is 12.5. The number of carbonyl (C=O) groups excluding carboxylic acids is 1. The normalized spacial score (nSPS) is 14.3. The van der Waals surface area contributed by atoms with Gasteiger partial charge in [0.2, 0.25) is 0 Å². The zero-order valence-corrected chi connectivity index (χ0v) is 15.9. The Hall–Kier alpha value is -1.73. The Morgan fingerprint density at radius 3 is 2.73 bits per heavy atom. The van der Waals surface area contributed by atoms with E-state index in [1.165, 1.54) is 6.07 Å². The minimum atomic E-state index is -0.575. The van der Waals surface area contributed by atoms with Crippen LogP contribution in [0.15, 0.2) is 24.4 Å². The van der Waals surface area contributed by atoms with Crippen molar-refractivity contribution < 1.29 is 14.6 Å². The van der Waals surface area contributed by atoms with E-state index >= 15 is 0 Å². The smallest absolute Gasteiger partial charge is 0.256 e. The fourth-order valence-corrected chi connectivity index (χ4v) is 3.38. The first-order chi connectivity index (χ1) is 12.5. The molecule has 0 radical (unpaired) electrons. The maximum Gasteiger partial charge on any atom is 0.256 e. The van der Waals surface area contributed by atoms with Crippen molar-refractivity contribution in [3.05, 3.63) is 50.6 Å². The molecule has 2 heterocycles. The number of pyridine rings is 1. The quantitative estimate of drug-likeness (QED) is 0.746. The second-order valence-corrected chi connectivity index (χ2v) is 6.84. The molecule has 26 heavy (non-hydrogen) atoms. The zero-order valence-electron chi connectivity index (χ0n) is 13.6. The molecule has 0 atom stereocenters. The fraction of sp³-hybridized carbons (Fsp3) is 0.294. The lowest BCUT2D eigenvalue weighted by Crippen LogP contribution is -2.37. The predicted molar refractivity (Wildman–Crippen MR) is 102 cm³/mol. The van der Waals surface area contributed by atoms with Crippen LogP contribution in [0, 0.1) is 0 Å². The summed E-state index contributed by atoms with van der Waals surface area (Å²) in [5.74, 6) is -0.192. The van der Waals surface area contributed by atoms with Crippen LogP contribution in [0.25, 0.3) is 0 Å². The third-order valence-electron chi connectivity index (χ3n) is 3.99. The van der Waals surface area contributed by atoms with Gasteiger partial charge in [-0.2, -0.15) is 0 Å². The molecule has 6 nitrogen and oxygen atoms in total. The highest BCUT2D eigenvalue weighted by Crippen LogP contribution is 2.38. The summed E-state index contributed by atoms with van der Waals surface area (Å²) < 4.78 is 5.36. The number of nitrogens with zero attached hydrogens (tertiary/aromatic N) is 2. The molecule has 2 aromatic rings. The van der Waals surface area contributed by atoms with Crippen LogP contribution in [0.2, 0.25) is 15.1 Å². The first-order valence-corrected chi connectivity index (χ1v) is 9.03. The standard InChI is InChI=1S/C17H16Cl3N3O3/c18-11-8-12(19)15(24)13(14(11)20)17(25)22-9-10-2-1-3-21-16(10)23-4-6-26-7-5-23/h1-3,8,24H,4-7,9H2,(H,22,25). The number of morpholine rings is 1. The Morgan fingerprint density at radius 2 is 2.00 bits per heavy atom. The van der Waals surface area contributed by atoms with E-state index in [0.29, 0.717) is 13.2 Å². The number of anilines is 1. The lowest BCUT2D eigenvalue weighted by Gasteiger charge is -2.29. The molecule has 1 amide bonds. The van der Waals surface area contributed by atoms with E-state index < -0.39 is 11.7 Å². The molecular weight excluding hydrogens is 401 g/mol. The van der Waals surface area contributed by atoms with Crippen molar-refractivity contribution in [2.45, 2.75) is 6.54 Å². The Bertz CT molecular complexity index is 800. The summed E-state index contributed by atoms with van der Waals surface area (Å²) in [6.07, 6.45) is 1.70. The number of hydrogen-bond acceptors (Lipinski definition) is 5. The molecule has 0 unspecified atom stereocenters. The molecule has 2 N–H and O–H groups in total. The second kappa shape index (κ2) is 8.31. The molecule has 0 bridgehead atoms. The number of benzene rings is 1. The van der Waals surface area contributed by atoms with Crippen LogP contribution >= 0.6 is 34.8 Å². The van der Waals surface area contributed by atoms with Gasteiger partial charge in [0.05, 0.1) is 28.3 Å². The molecule has 3 rings (SSSR count). The number of hydrogen-bond donors (Lipinski definition) is 2. The molecular formula is C17H16Cl3N3O3. The lowest BCUT2D eigenvalue weighted by molar-refractivity contribution is 0.0948. The average Bonchev–Trinajstić information content (AvgIpc) is 2.66. The summed E-state index contributed by atoms with van der Waals surface area (Å²) in [6.45, 7) is 2.93.